The van der Waals surface area contributed by atoms with Crippen LogP contribution in [0.1, 0.15) is 58.8 Å². The van der Waals surface area contributed by atoms with Gasteiger partial charge in [0.2, 0.25) is 5.91 Å². The van der Waals surface area contributed by atoms with E-state index in [1.807, 2.05) is 0 Å². The van der Waals surface area contributed by atoms with Gasteiger partial charge in [0.25, 0.3) is 0 Å². The minimum absolute atomic E-state index is 0.0899. The molecule has 4 aliphatic rings. The van der Waals surface area contributed by atoms with Gasteiger partial charge in [-0.25, -0.2) is 0 Å². The molecule has 4 rings (SSSR count). The summed E-state index contributed by atoms with van der Waals surface area (Å²) < 4.78 is 5.65. The van der Waals surface area contributed by atoms with Crippen LogP contribution in [-0.4, -0.2) is 62.7 Å². The summed E-state index contributed by atoms with van der Waals surface area (Å²) >= 11 is 0. The smallest absolute Gasteiger partial charge is 0.249 e. The number of carbonyl (C=O) groups is 1. The van der Waals surface area contributed by atoms with Gasteiger partial charge in [0.15, 0.2) is 0 Å². The summed E-state index contributed by atoms with van der Waals surface area (Å²) in [7, 11) is 0. The van der Waals surface area contributed by atoms with Gasteiger partial charge in [-0.05, 0) is 82.3 Å². The monoisotopic (exact) mass is 407 g/mol. The first-order chi connectivity index (χ1) is 14.1. The van der Waals surface area contributed by atoms with Crippen LogP contribution in [0.25, 0.3) is 0 Å². The summed E-state index contributed by atoms with van der Waals surface area (Å²) in [6.07, 6.45) is 7.90. The van der Waals surface area contributed by atoms with Crippen LogP contribution in [0.2, 0.25) is 0 Å². The third-order valence-electron chi connectivity index (χ3n) is 7.66. The minimum atomic E-state index is -0.257. The van der Waals surface area contributed by atoms with Gasteiger partial charge < -0.3 is 15.4 Å². The Kier molecular flexibility index (Phi) is 7.45. The molecular formula is C22H41N5O2. The SMILES string of the molecule is CC1CCC(NC(=O)C2OCCC2C)CC1NC1NCCC(C2CCCNC2)N1. The Balaban J connectivity index is 1.27. The molecule has 29 heavy (non-hydrogen) atoms. The van der Waals surface area contributed by atoms with Crippen LogP contribution in [0, 0.1) is 17.8 Å². The predicted octanol–water partition coefficient (Wildman–Crippen LogP) is 0.909. The zero-order valence-corrected chi connectivity index (χ0v) is 18.2. The summed E-state index contributed by atoms with van der Waals surface area (Å²) in [5.74, 6) is 1.77. The van der Waals surface area contributed by atoms with Crippen LogP contribution in [0.5, 0.6) is 0 Å². The predicted molar refractivity (Wildman–Crippen MR) is 114 cm³/mol. The molecule has 5 N–H and O–H groups in total. The molecule has 8 unspecified atom stereocenters. The summed E-state index contributed by atoms with van der Waals surface area (Å²) in [4.78, 5) is 12.6. The fourth-order valence-corrected chi connectivity index (χ4v) is 5.65. The molecule has 166 valence electrons. The van der Waals surface area contributed by atoms with E-state index < -0.39 is 0 Å². The number of hydrogen-bond acceptors (Lipinski definition) is 6. The lowest BCUT2D eigenvalue weighted by Gasteiger charge is -2.42. The lowest BCUT2D eigenvalue weighted by Crippen LogP contribution is -2.66. The van der Waals surface area contributed by atoms with Crippen molar-refractivity contribution in [2.24, 2.45) is 17.8 Å². The van der Waals surface area contributed by atoms with Crippen LogP contribution < -0.4 is 26.6 Å². The Morgan fingerprint density at radius 1 is 1.03 bits per heavy atom. The number of ether oxygens (including phenoxy) is 1. The molecule has 3 saturated heterocycles. The first-order valence-corrected chi connectivity index (χ1v) is 12.0. The van der Waals surface area contributed by atoms with Crippen LogP contribution in [0.15, 0.2) is 0 Å². The highest BCUT2D eigenvalue weighted by atomic mass is 16.5. The van der Waals surface area contributed by atoms with Crippen LogP contribution in [0.3, 0.4) is 0 Å². The summed E-state index contributed by atoms with van der Waals surface area (Å²) in [6, 6.07) is 1.23. The van der Waals surface area contributed by atoms with Crippen molar-refractivity contribution in [3.63, 3.8) is 0 Å². The molecule has 0 aromatic carbocycles. The van der Waals surface area contributed by atoms with E-state index in [0.717, 1.165) is 44.7 Å². The second-order valence-electron chi connectivity index (χ2n) is 9.88. The molecule has 1 amide bonds. The van der Waals surface area contributed by atoms with Gasteiger partial charge in [-0.2, -0.15) is 0 Å². The molecule has 3 aliphatic heterocycles. The molecule has 3 heterocycles. The van der Waals surface area contributed by atoms with E-state index in [4.69, 9.17) is 4.74 Å². The Hall–Kier alpha value is -0.730. The first-order valence-electron chi connectivity index (χ1n) is 12.0. The average molecular weight is 408 g/mol. The van der Waals surface area contributed by atoms with Crippen molar-refractivity contribution in [2.45, 2.75) is 89.3 Å². The number of carbonyl (C=O) groups excluding carboxylic acids is 1. The molecule has 1 saturated carbocycles. The van der Waals surface area contributed by atoms with E-state index in [1.165, 1.54) is 25.8 Å². The number of piperidine rings is 1. The Morgan fingerprint density at radius 2 is 1.93 bits per heavy atom. The molecule has 7 heteroatoms. The molecular weight excluding hydrogens is 366 g/mol. The quantitative estimate of drug-likeness (QED) is 0.466. The normalized spacial score (nSPS) is 43.8. The van der Waals surface area contributed by atoms with E-state index >= 15 is 0 Å². The van der Waals surface area contributed by atoms with E-state index in [-0.39, 0.29) is 24.3 Å². The standard InChI is InChI=1S/C22H41N5O2/c1-14-5-6-17(25-21(28)20-15(2)8-11-29-20)12-19(14)27-22-24-10-7-18(26-22)16-4-3-9-23-13-16/h14-20,22-24,26-27H,3-13H2,1-2H3,(H,25,28). The Morgan fingerprint density at radius 3 is 2.69 bits per heavy atom. The maximum Gasteiger partial charge on any atom is 0.249 e. The topological polar surface area (TPSA) is 86.5 Å². The van der Waals surface area contributed by atoms with Gasteiger partial charge in [-0.15, -0.1) is 0 Å². The van der Waals surface area contributed by atoms with Crippen molar-refractivity contribution < 1.29 is 9.53 Å². The van der Waals surface area contributed by atoms with Gasteiger partial charge in [0.1, 0.15) is 12.4 Å². The van der Waals surface area contributed by atoms with Gasteiger partial charge in [0.05, 0.1) is 0 Å². The number of amides is 1. The van der Waals surface area contributed by atoms with E-state index in [2.05, 4.69) is 40.4 Å². The maximum absolute atomic E-state index is 12.6. The molecule has 0 aromatic heterocycles. The molecule has 0 bridgehead atoms. The lowest BCUT2D eigenvalue weighted by molar-refractivity contribution is -0.132. The number of hydrogen-bond donors (Lipinski definition) is 5. The molecule has 1 aliphatic carbocycles. The second kappa shape index (κ2) is 10.1. The van der Waals surface area contributed by atoms with E-state index in [0.29, 0.717) is 30.5 Å². The molecule has 0 aromatic rings. The summed E-state index contributed by atoms with van der Waals surface area (Å²) in [5, 5.41) is 18.1. The molecule has 7 nitrogen and oxygen atoms in total. The largest absolute Gasteiger partial charge is 0.368 e. The summed E-state index contributed by atoms with van der Waals surface area (Å²) in [5.41, 5.74) is 0. The number of nitrogens with one attached hydrogen (secondary N) is 5. The highest BCUT2D eigenvalue weighted by Gasteiger charge is 2.36. The van der Waals surface area contributed by atoms with Gasteiger partial charge >= 0.3 is 0 Å². The van der Waals surface area contributed by atoms with Crippen LogP contribution in [-0.2, 0) is 9.53 Å². The average Bonchev–Trinajstić information content (AvgIpc) is 3.17. The minimum Gasteiger partial charge on any atom is -0.368 e. The van der Waals surface area contributed by atoms with Crippen molar-refractivity contribution in [1.29, 1.82) is 0 Å². The van der Waals surface area contributed by atoms with E-state index in [9.17, 15) is 4.79 Å². The highest BCUT2D eigenvalue weighted by Crippen LogP contribution is 2.27. The van der Waals surface area contributed by atoms with Crippen LogP contribution in [0.4, 0.5) is 0 Å². The lowest BCUT2D eigenvalue weighted by atomic mass is 9.82. The van der Waals surface area contributed by atoms with Crippen molar-refractivity contribution in [2.75, 3.05) is 26.2 Å². The number of rotatable bonds is 5. The van der Waals surface area contributed by atoms with Crippen molar-refractivity contribution in [1.82, 2.24) is 26.6 Å². The third kappa shape index (κ3) is 5.50. The Bertz CT molecular complexity index is 541. The zero-order chi connectivity index (χ0) is 20.2. The maximum atomic E-state index is 12.6. The molecule has 8 atom stereocenters. The van der Waals surface area contributed by atoms with E-state index in [1.54, 1.807) is 0 Å². The molecule has 4 fully saturated rings. The van der Waals surface area contributed by atoms with Crippen molar-refractivity contribution >= 4 is 5.91 Å². The fraction of sp³-hybridized carbons (Fsp3) is 0.955. The van der Waals surface area contributed by atoms with Gasteiger partial charge in [-0.1, -0.05) is 13.8 Å². The van der Waals surface area contributed by atoms with Gasteiger partial charge in [-0.3, -0.25) is 20.7 Å². The molecule has 0 spiro atoms. The first kappa shape index (κ1) is 21.5. The fourth-order valence-electron chi connectivity index (χ4n) is 5.65. The zero-order valence-electron chi connectivity index (χ0n) is 18.2. The van der Waals surface area contributed by atoms with Crippen molar-refractivity contribution in [3.8, 4) is 0 Å². The summed E-state index contributed by atoms with van der Waals surface area (Å²) in [6.45, 7) is 8.53. The second-order valence-corrected chi connectivity index (χ2v) is 9.88. The van der Waals surface area contributed by atoms with Crippen molar-refractivity contribution in [3.05, 3.63) is 0 Å². The van der Waals surface area contributed by atoms with Crippen LogP contribution >= 0.6 is 0 Å². The van der Waals surface area contributed by atoms with Gasteiger partial charge in [0, 0.05) is 24.7 Å². The highest BCUT2D eigenvalue weighted by molar-refractivity contribution is 5.81. The Labute approximate surface area is 175 Å². The third-order valence-corrected chi connectivity index (χ3v) is 7.66. The molecule has 0 radical (unpaired) electrons.